The Kier molecular flexibility index (Phi) is 3.49. The van der Waals surface area contributed by atoms with Gasteiger partial charge in [0.25, 0.3) is 0 Å². The van der Waals surface area contributed by atoms with Crippen LogP contribution in [0.25, 0.3) is 0 Å². The third-order valence-corrected chi connectivity index (χ3v) is 2.94. The van der Waals surface area contributed by atoms with Gasteiger partial charge >= 0.3 is 0 Å². The van der Waals surface area contributed by atoms with E-state index in [0.717, 1.165) is 18.8 Å². The van der Waals surface area contributed by atoms with Crippen molar-refractivity contribution in [1.82, 2.24) is 9.97 Å². The van der Waals surface area contributed by atoms with Gasteiger partial charge in [0.1, 0.15) is 5.02 Å². The molecule has 5 heteroatoms. The van der Waals surface area contributed by atoms with Crippen LogP contribution in [0.5, 0.6) is 0 Å². The molecule has 0 bridgehead atoms. The Morgan fingerprint density at radius 3 is 2.88 bits per heavy atom. The number of anilines is 2. The summed E-state index contributed by atoms with van der Waals surface area (Å²) < 4.78 is 0. The third kappa shape index (κ3) is 2.38. The highest BCUT2D eigenvalue weighted by Gasteiger charge is 2.30. The molecule has 0 spiro atoms. The highest BCUT2D eigenvalue weighted by Crippen LogP contribution is 2.34. The number of nitrogens with one attached hydrogen (secondary N) is 1. The fourth-order valence-electron chi connectivity index (χ4n) is 1.77. The molecular formula is C11H17ClN4. The topological polar surface area (TPSA) is 41.1 Å². The third-order valence-electron chi connectivity index (χ3n) is 2.67. The Balaban J connectivity index is 2.27. The first kappa shape index (κ1) is 11.5. The number of aromatic nitrogens is 2. The molecule has 2 rings (SSSR count). The SMILES string of the molecule is CCCN(c1nc(NC)ncc1Cl)C1CC1. The number of rotatable bonds is 5. The molecule has 1 aliphatic carbocycles. The second-order valence-corrected chi connectivity index (χ2v) is 4.45. The Hall–Kier alpha value is -1.03. The molecule has 1 heterocycles. The molecule has 1 saturated carbocycles. The lowest BCUT2D eigenvalue weighted by atomic mass is 10.3. The molecule has 1 fully saturated rings. The monoisotopic (exact) mass is 240 g/mol. The summed E-state index contributed by atoms with van der Waals surface area (Å²) >= 11 is 6.16. The van der Waals surface area contributed by atoms with Crippen LogP contribution in [-0.4, -0.2) is 29.6 Å². The van der Waals surface area contributed by atoms with Crippen LogP contribution in [0.3, 0.4) is 0 Å². The van der Waals surface area contributed by atoms with Crippen LogP contribution in [0, 0.1) is 0 Å². The quantitative estimate of drug-likeness (QED) is 0.859. The van der Waals surface area contributed by atoms with Gasteiger partial charge in [0, 0.05) is 19.6 Å². The molecule has 1 aromatic rings. The van der Waals surface area contributed by atoms with Crippen LogP contribution in [0.2, 0.25) is 5.02 Å². The van der Waals surface area contributed by atoms with E-state index >= 15 is 0 Å². The molecule has 16 heavy (non-hydrogen) atoms. The average molecular weight is 241 g/mol. The Morgan fingerprint density at radius 1 is 1.56 bits per heavy atom. The van der Waals surface area contributed by atoms with E-state index in [1.54, 1.807) is 6.20 Å². The molecule has 0 unspecified atom stereocenters. The lowest BCUT2D eigenvalue weighted by molar-refractivity contribution is 0.749. The van der Waals surface area contributed by atoms with Gasteiger partial charge in [-0.25, -0.2) is 4.98 Å². The van der Waals surface area contributed by atoms with Crippen molar-refractivity contribution in [3.05, 3.63) is 11.2 Å². The fourth-order valence-corrected chi connectivity index (χ4v) is 1.97. The van der Waals surface area contributed by atoms with Gasteiger partial charge < -0.3 is 10.2 Å². The average Bonchev–Trinajstić information content (AvgIpc) is 3.11. The predicted molar refractivity (Wildman–Crippen MR) is 67.2 cm³/mol. The zero-order valence-corrected chi connectivity index (χ0v) is 10.5. The fraction of sp³-hybridized carbons (Fsp3) is 0.636. The smallest absolute Gasteiger partial charge is 0.224 e. The zero-order valence-electron chi connectivity index (χ0n) is 9.70. The molecule has 0 amide bonds. The molecule has 0 saturated heterocycles. The predicted octanol–water partition coefficient (Wildman–Crippen LogP) is 2.55. The molecule has 0 atom stereocenters. The van der Waals surface area contributed by atoms with Crippen molar-refractivity contribution in [3.63, 3.8) is 0 Å². The molecule has 1 aliphatic rings. The zero-order chi connectivity index (χ0) is 11.5. The minimum absolute atomic E-state index is 0.622. The minimum atomic E-state index is 0.622. The van der Waals surface area contributed by atoms with Crippen molar-refractivity contribution < 1.29 is 0 Å². The second-order valence-electron chi connectivity index (χ2n) is 4.04. The van der Waals surface area contributed by atoms with Crippen molar-refractivity contribution in [2.75, 3.05) is 23.8 Å². The van der Waals surface area contributed by atoms with Crippen LogP contribution < -0.4 is 10.2 Å². The van der Waals surface area contributed by atoms with E-state index in [2.05, 4.69) is 27.1 Å². The highest BCUT2D eigenvalue weighted by molar-refractivity contribution is 6.32. The standard InChI is InChI=1S/C11H17ClN4/c1-3-6-16(8-4-5-8)10-9(12)7-14-11(13-2)15-10/h7-8H,3-6H2,1-2H3,(H,13,14,15). The molecule has 0 aliphatic heterocycles. The summed E-state index contributed by atoms with van der Waals surface area (Å²) in [6.07, 6.45) is 5.26. The van der Waals surface area contributed by atoms with Crippen LogP contribution in [-0.2, 0) is 0 Å². The number of nitrogens with zero attached hydrogens (tertiary/aromatic N) is 3. The highest BCUT2D eigenvalue weighted by atomic mass is 35.5. The van der Waals surface area contributed by atoms with Crippen molar-refractivity contribution in [2.24, 2.45) is 0 Å². The van der Waals surface area contributed by atoms with E-state index < -0.39 is 0 Å². The first-order valence-corrected chi connectivity index (χ1v) is 6.11. The van der Waals surface area contributed by atoms with Crippen molar-refractivity contribution in [2.45, 2.75) is 32.2 Å². The first-order chi connectivity index (χ1) is 7.76. The minimum Gasteiger partial charge on any atom is -0.357 e. The number of hydrogen-bond acceptors (Lipinski definition) is 4. The van der Waals surface area contributed by atoms with Crippen molar-refractivity contribution in [1.29, 1.82) is 0 Å². The Bertz CT molecular complexity index is 365. The first-order valence-electron chi connectivity index (χ1n) is 5.73. The largest absolute Gasteiger partial charge is 0.357 e. The molecule has 4 nitrogen and oxygen atoms in total. The van der Waals surface area contributed by atoms with E-state index in [0.29, 0.717) is 17.0 Å². The van der Waals surface area contributed by atoms with Crippen molar-refractivity contribution >= 4 is 23.4 Å². The van der Waals surface area contributed by atoms with Gasteiger partial charge in [0.15, 0.2) is 5.82 Å². The molecule has 88 valence electrons. The summed E-state index contributed by atoms with van der Waals surface area (Å²) in [7, 11) is 1.81. The van der Waals surface area contributed by atoms with Gasteiger partial charge in [-0.3, -0.25) is 0 Å². The molecule has 1 N–H and O–H groups in total. The normalized spacial score (nSPS) is 14.9. The second kappa shape index (κ2) is 4.87. The molecule has 0 aromatic carbocycles. The lowest BCUT2D eigenvalue weighted by Gasteiger charge is -2.23. The van der Waals surface area contributed by atoms with Crippen LogP contribution >= 0.6 is 11.6 Å². The Labute approximate surface area is 101 Å². The van der Waals surface area contributed by atoms with Gasteiger partial charge in [-0.15, -0.1) is 0 Å². The van der Waals surface area contributed by atoms with Crippen LogP contribution in [0.15, 0.2) is 6.20 Å². The van der Waals surface area contributed by atoms with Gasteiger partial charge in [-0.1, -0.05) is 18.5 Å². The number of hydrogen-bond donors (Lipinski definition) is 1. The number of halogens is 1. The van der Waals surface area contributed by atoms with Crippen molar-refractivity contribution in [3.8, 4) is 0 Å². The summed E-state index contributed by atoms with van der Waals surface area (Å²) in [6.45, 7) is 3.17. The van der Waals surface area contributed by atoms with Gasteiger partial charge in [0.2, 0.25) is 5.95 Å². The maximum absolute atomic E-state index is 6.16. The maximum atomic E-state index is 6.16. The van der Waals surface area contributed by atoms with Crippen LogP contribution in [0.4, 0.5) is 11.8 Å². The molecular weight excluding hydrogens is 224 g/mol. The summed E-state index contributed by atoms with van der Waals surface area (Å²) in [5.74, 6) is 1.49. The van der Waals surface area contributed by atoms with E-state index in [9.17, 15) is 0 Å². The van der Waals surface area contributed by atoms with E-state index in [1.807, 2.05) is 7.05 Å². The summed E-state index contributed by atoms with van der Waals surface area (Å²) in [6, 6.07) is 0.622. The maximum Gasteiger partial charge on any atom is 0.224 e. The van der Waals surface area contributed by atoms with Gasteiger partial charge in [0.05, 0.1) is 6.20 Å². The van der Waals surface area contributed by atoms with E-state index in [1.165, 1.54) is 12.8 Å². The molecule has 1 aromatic heterocycles. The van der Waals surface area contributed by atoms with Gasteiger partial charge in [-0.2, -0.15) is 4.98 Å². The van der Waals surface area contributed by atoms with E-state index in [4.69, 9.17) is 11.6 Å². The van der Waals surface area contributed by atoms with Gasteiger partial charge in [-0.05, 0) is 19.3 Å². The molecule has 0 radical (unpaired) electrons. The lowest BCUT2D eigenvalue weighted by Crippen LogP contribution is -2.28. The summed E-state index contributed by atoms with van der Waals surface area (Å²) in [5.41, 5.74) is 0. The summed E-state index contributed by atoms with van der Waals surface area (Å²) in [5, 5.41) is 3.58. The summed E-state index contributed by atoms with van der Waals surface area (Å²) in [4.78, 5) is 10.8. The Morgan fingerprint density at radius 2 is 2.31 bits per heavy atom. The van der Waals surface area contributed by atoms with Crippen LogP contribution in [0.1, 0.15) is 26.2 Å². The van der Waals surface area contributed by atoms with E-state index in [-0.39, 0.29) is 0 Å².